The lowest BCUT2D eigenvalue weighted by Crippen LogP contribution is -2.22. The van der Waals surface area contributed by atoms with Crippen molar-refractivity contribution < 1.29 is 8.78 Å². The molecule has 0 saturated heterocycles. The second-order valence-electron chi connectivity index (χ2n) is 3.64. The van der Waals surface area contributed by atoms with E-state index in [0.29, 0.717) is 10.2 Å². The van der Waals surface area contributed by atoms with Gasteiger partial charge in [-0.25, -0.2) is 8.78 Å². The number of alkyl halides is 2. The number of halogens is 3. The van der Waals surface area contributed by atoms with Crippen LogP contribution in [0.15, 0.2) is 28.7 Å². The van der Waals surface area contributed by atoms with Gasteiger partial charge in [-0.1, -0.05) is 18.2 Å². The Morgan fingerprint density at radius 3 is 2.50 bits per heavy atom. The molecule has 0 bridgehead atoms. The van der Waals surface area contributed by atoms with Gasteiger partial charge in [0.05, 0.1) is 5.69 Å². The first-order valence-corrected chi connectivity index (χ1v) is 5.60. The molecule has 2 aromatic rings. The van der Waals surface area contributed by atoms with Crippen molar-refractivity contribution in [2.24, 2.45) is 12.8 Å². The van der Waals surface area contributed by atoms with Crippen LogP contribution in [-0.2, 0) is 7.05 Å². The van der Waals surface area contributed by atoms with E-state index in [1.54, 1.807) is 11.6 Å². The molecule has 16 heavy (non-hydrogen) atoms. The molecule has 1 unspecified atom stereocenters. The molecule has 2 N–H and O–H groups in total. The summed E-state index contributed by atoms with van der Waals surface area (Å²) in [5, 5.41) is 0.899. The number of nitrogens with two attached hydrogens (primary N) is 1. The lowest BCUT2D eigenvalue weighted by atomic mass is 10.2. The van der Waals surface area contributed by atoms with Crippen LogP contribution in [0.5, 0.6) is 0 Å². The minimum Gasteiger partial charge on any atom is -0.345 e. The van der Waals surface area contributed by atoms with E-state index < -0.39 is 12.5 Å². The summed E-state index contributed by atoms with van der Waals surface area (Å²) < 4.78 is 27.6. The number of para-hydroxylation sites is 1. The fraction of sp³-hybridized carbons (Fsp3) is 0.273. The van der Waals surface area contributed by atoms with Gasteiger partial charge in [0.2, 0.25) is 0 Å². The highest BCUT2D eigenvalue weighted by Gasteiger charge is 2.25. The van der Waals surface area contributed by atoms with E-state index in [0.717, 1.165) is 10.9 Å². The van der Waals surface area contributed by atoms with Crippen LogP contribution in [-0.4, -0.2) is 11.0 Å². The van der Waals surface area contributed by atoms with E-state index in [1.807, 2.05) is 24.3 Å². The first-order valence-electron chi connectivity index (χ1n) is 4.80. The summed E-state index contributed by atoms with van der Waals surface area (Å²) in [6.07, 6.45) is -2.57. The summed E-state index contributed by atoms with van der Waals surface area (Å²) in [5.74, 6) is 0. The molecule has 86 valence electrons. The topological polar surface area (TPSA) is 30.9 Å². The van der Waals surface area contributed by atoms with Gasteiger partial charge in [0, 0.05) is 22.4 Å². The van der Waals surface area contributed by atoms with Crippen molar-refractivity contribution in [2.75, 3.05) is 0 Å². The highest BCUT2D eigenvalue weighted by Crippen LogP contribution is 2.34. The monoisotopic (exact) mass is 288 g/mol. The Morgan fingerprint density at radius 2 is 1.94 bits per heavy atom. The molecule has 1 aromatic heterocycles. The van der Waals surface area contributed by atoms with Gasteiger partial charge in [-0.3, -0.25) is 0 Å². The van der Waals surface area contributed by atoms with E-state index in [2.05, 4.69) is 15.9 Å². The second kappa shape index (κ2) is 4.14. The second-order valence-corrected chi connectivity index (χ2v) is 4.43. The van der Waals surface area contributed by atoms with Gasteiger partial charge in [-0.05, 0) is 22.0 Å². The van der Waals surface area contributed by atoms with E-state index in [-0.39, 0.29) is 0 Å². The average Bonchev–Trinajstić information content (AvgIpc) is 2.52. The molecule has 2 nitrogen and oxygen atoms in total. The number of nitrogens with zero attached hydrogens (tertiary/aromatic N) is 1. The number of aryl methyl sites for hydroxylation is 1. The predicted molar refractivity (Wildman–Crippen MR) is 63.6 cm³/mol. The lowest BCUT2D eigenvalue weighted by Gasteiger charge is -2.12. The van der Waals surface area contributed by atoms with Crippen LogP contribution in [0.2, 0.25) is 0 Å². The van der Waals surface area contributed by atoms with Crippen LogP contribution in [0.1, 0.15) is 11.7 Å². The van der Waals surface area contributed by atoms with Crippen molar-refractivity contribution >= 4 is 26.8 Å². The minimum atomic E-state index is -2.57. The van der Waals surface area contributed by atoms with Crippen LogP contribution in [0.3, 0.4) is 0 Å². The molecule has 1 heterocycles. The van der Waals surface area contributed by atoms with Crippen molar-refractivity contribution in [3.63, 3.8) is 0 Å². The van der Waals surface area contributed by atoms with Gasteiger partial charge in [0.25, 0.3) is 6.43 Å². The van der Waals surface area contributed by atoms with Crippen molar-refractivity contribution in [2.45, 2.75) is 12.5 Å². The Labute approximate surface area is 100 Å². The SMILES string of the molecule is Cn1c(C(N)C(F)F)c(Br)c2ccccc21. The molecule has 5 heteroatoms. The van der Waals surface area contributed by atoms with Crippen molar-refractivity contribution in [3.05, 3.63) is 34.4 Å². The Morgan fingerprint density at radius 1 is 1.31 bits per heavy atom. The number of hydrogen-bond acceptors (Lipinski definition) is 1. The van der Waals surface area contributed by atoms with E-state index in [9.17, 15) is 8.78 Å². The van der Waals surface area contributed by atoms with Crippen LogP contribution in [0.4, 0.5) is 8.78 Å². The zero-order chi connectivity index (χ0) is 11.9. The van der Waals surface area contributed by atoms with Crippen molar-refractivity contribution in [1.29, 1.82) is 0 Å². The number of benzene rings is 1. The fourth-order valence-corrected chi connectivity index (χ4v) is 2.72. The zero-order valence-corrected chi connectivity index (χ0v) is 10.2. The van der Waals surface area contributed by atoms with E-state index in [4.69, 9.17) is 5.73 Å². The maximum Gasteiger partial charge on any atom is 0.259 e. The quantitative estimate of drug-likeness (QED) is 0.904. The predicted octanol–water partition coefficient (Wildman–Crippen LogP) is 3.21. The molecule has 0 saturated carbocycles. The van der Waals surface area contributed by atoms with Gasteiger partial charge in [0.15, 0.2) is 0 Å². The third kappa shape index (κ3) is 1.64. The summed E-state index contributed by atoms with van der Waals surface area (Å²) in [5.41, 5.74) is 6.82. The Balaban J connectivity index is 2.70. The highest BCUT2D eigenvalue weighted by atomic mass is 79.9. The first-order chi connectivity index (χ1) is 7.54. The maximum atomic E-state index is 12.6. The first kappa shape index (κ1) is 11.5. The standard InChI is InChI=1S/C11H11BrF2N2/c1-16-7-5-3-2-4-6(7)8(12)10(16)9(15)11(13)14/h2-5,9,11H,15H2,1H3. The smallest absolute Gasteiger partial charge is 0.259 e. The largest absolute Gasteiger partial charge is 0.345 e. The maximum absolute atomic E-state index is 12.6. The molecular weight excluding hydrogens is 278 g/mol. The summed E-state index contributed by atoms with van der Waals surface area (Å²) in [7, 11) is 1.74. The molecular formula is C11H11BrF2N2. The number of aromatic nitrogens is 1. The third-order valence-corrected chi connectivity index (χ3v) is 3.51. The Bertz CT molecular complexity index is 483. The van der Waals surface area contributed by atoms with Crippen LogP contribution in [0.25, 0.3) is 10.9 Å². The lowest BCUT2D eigenvalue weighted by molar-refractivity contribution is 0.113. The van der Waals surface area contributed by atoms with Crippen LogP contribution >= 0.6 is 15.9 Å². The summed E-state index contributed by atoms with van der Waals surface area (Å²) in [6, 6.07) is 6.21. The molecule has 0 fully saturated rings. The average molecular weight is 289 g/mol. The van der Waals surface area contributed by atoms with Gasteiger partial charge >= 0.3 is 0 Å². The number of hydrogen-bond donors (Lipinski definition) is 1. The van der Waals surface area contributed by atoms with Crippen molar-refractivity contribution in [1.82, 2.24) is 4.57 Å². The summed E-state index contributed by atoms with van der Waals surface area (Å²) in [6.45, 7) is 0. The van der Waals surface area contributed by atoms with Gasteiger partial charge < -0.3 is 10.3 Å². The van der Waals surface area contributed by atoms with Gasteiger partial charge in [0.1, 0.15) is 6.04 Å². The normalized spacial score (nSPS) is 13.6. The molecule has 0 aliphatic heterocycles. The van der Waals surface area contributed by atoms with Crippen molar-refractivity contribution in [3.8, 4) is 0 Å². The Kier molecular flexibility index (Phi) is 2.99. The molecule has 1 aromatic carbocycles. The molecule has 0 spiro atoms. The molecule has 0 aliphatic rings. The Hall–Kier alpha value is -0.940. The van der Waals surface area contributed by atoms with E-state index >= 15 is 0 Å². The molecule has 0 radical (unpaired) electrons. The minimum absolute atomic E-state index is 0.427. The molecule has 0 amide bonds. The number of fused-ring (bicyclic) bond motifs is 1. The molecule has 0 aliphatic carbocycles. The van der Waals surface area contributed by atoms with Crippen LogP contribution < -0.4 is 5.73 Å². The summed E-state index contributed by atoms with van der Waals surface area (Å²) in [4.78, 5) is 0. The van der Waals surface area contributed by atoms with E-state index in [1.165, 1.54) is 0 Å². The highest BCUT2D eigenvalue weighted by molar-refractivity contribution is 9.10. The zero-order valence-electron chi connectivity index (χ0n) is 8.62. The summed E-state index contributed by atoms with van der Waals surface area (Å²) >= 11 is 3.34. The number of rotatable bonds is 2. The van der Waals surface area contributed by atoms with Gasteiger partial charge in [-0.15, -0.1) is 0 Å². The van der Waals surface area contributed by atoms with Gasteiger partial charge in [-0.2, -0.15) is 0 Å². The molecule has 2 rings (SSSR count). The molecule has 1 atom stereocenters. The van der Waals surface area contributed by atoms with Crippen LogP contribution in [0, 0.1) is 0 Å². The fourth-order valence-electron chi connectivity index (χ4n) is 1.86. The third-order valence-electron chi connectivity index (χ3n) is 2.68.